The van der Waals surface area contributed by atoms with Gasteiger partial charge in [-0.15, -0.1) is 5.10 Å². The van der Waals surface area contributed by atoms with E-state index in [4.69, 9.17) is 10.5 Å². The maximum atomic E-state index is 6.12. The van der Waals surface area contributed by atoms with Crippen molar-refractivity contribution in [3.63, 3.8) is 0 Å². The van der Waals surface area contributed by atoms with Gasteiger partial charge < -0.3 is 10.5 Å². The number of nitrogens with zero attached hydrogens (tertiary/aromatic N) is 4. The topological polar surface area (TPSA) is 78.3 Å². The molecule has 1 atom stereocenters. The van der Waals surface area contributed by atoms with Gasteiger partial charge in [0.2, 0.25) is 5.95 Å². The van der Waals surface area contributed by atoms with Crippen molar-refractivity contribution in [1.82, 2.24) is 19.6 Å². The van der Waals surface area contributed by atoms with Crippen molar-refractivity contribution in [3.05, 3.63) is 47.3 Å². The van der Waals surface area contributed by atoms with Gasteiger partial charge in [0.1, 0.15) is 11.9 Å². The molecule has 2 heterocycles. The van der Waals surface area contributed by atoms with Gasteiger partial charge in [-0.2, -0.15) is 9.50 Å². The number of nitrogen functional groups attached to an aromatic ring is 1. The number of anilines is 1. The van der Waals surface area contributed by atoms with Crippen LogP contribution in [-0.2, 0) is 0 Å². The van der Waals surface area contributed by atoms with E-state index in [1.807, 2.05) is 45.0 Å². The van der Waals surface area contributed by atoms with Crippen LogP contribution in [0.1, 0.15) is 29.8 Å². The van der Waals surface area contributed by atoms with Gasteiger partial charge in [-0.1, -0.05) is 18.2 Å². The molecule has 1 aromatic carbocycles. The molecule has 0 bridgehead atoms. The molecule has 2 aromatic heterocycles. The summed E-state index contributed by atoms with van der Waals surface area (Å²) in [7, 11) is 0. The Balaban J connectivity index is 1.99. The average molecular weight is 283 g/mol. The number of fused-ring (bicyclic) bond motifs is 1. The summed E-state index contributed by atoms with van der Waals surface area (Å²) in [5.41, 5.74) is 8.69. The maximum absolute atomic E-state index is 6.12. The van der Waals surface area contributed by atoms with Crippen molar-refractivity contribution in [2.45, 2.75) is 26.9 Å². The molecule has 0 amide bonds. The maximum Gasteiger partial charge on any atom is 0.254 e. The summed E-state index contributed by atoms with van der Waals surface area (Å²) in [6.07, 6.45) is 1.49. The first-order chi connectivity index (χ1) is 10.1. The summed E-state index contributed by atoms with van der Waals surface area (Å²) in [5, 5.41) is 4.16. The minimum Gasteiger partial charge on any atom is -0.484 e. The number of aryl methyl sites for hydroxylation is 2. The Hall–Kier alpha value is -2.63. The quantitative estimate of drug-likeness (QED) is 0.798. The third kappa shape index (κ3) is 2.40. The Kier molecular flexibility index (Phi) is 3.21. The first kappa shape index (κ1) is 13.4. The van der Waals surface area contributed by atoms with Gasteiger partial charge in [-0.05, 0) is 38.0 Å². The first-order valence-corrected chi connectivity index (χ1v) is 6.76. The van der Waals surface area contributed by atoms with E-state index in [2.05, 4.69) is 15.1 Å². The van der Waals surface area contributed by atoms with Crippen LogP contribution in [0, 0.1) is 13.8 Å². The highest BCUT2D eigenvalue weighted by atomic mass is 16.5. The fourth-order valence-electron chi connectivity index (χ4n) is 2.36. The molecule has 6 heteroatoms. The second kappa shape index (κ2) is 5.05. The van der Waals surface area contributed by atoms with Gasteiger partial charge in [0.15, 0.2) is 0 Å². The number of rotatable bonds is 3. The Morgan fingerprint density at radius 3 is 2.62 bits per heavy atom. The van der Waals surface area contributed by atoms with Crippen LogP contribution in [0.3, 0.4) is 0 Å². The summed E-state index contributed by atoms with van der Waals surface area (Å²) < 4.78 is 7.74. The van der Waals surface area contributed by atoms with E-state index in [1.165, 1.54) is 0 Å². The van der Waals surface area contributed by atoms with E-state index in [0.717, 1.165) is 22.6 Å². The van der Waals surface area contributed by atoms with Crippen molar-refractivity contribution in [2.24, 2.45) is 0 Å². The molecular weight excluding hydrogens is 266 g/mol. The minimum absolute atomic E-state index is 0.198. The zero-order chi connectivity index (χ0) is 15.0. The van der Waals surface area contributed by atoms with E-state index in [1.54, 1.807) is 10.7 Å². The Labute approximate surface area is 122 Å². The molecule has 6 nitrogen and oxygen atoms in total. The Morgan fingerprint density at radius 2 is 1.90 bits per heavy atom. The molecule has 0 aliphatic rings. The van der Waals surface area contributed by atoms with Crippen LogP contribution < -0.4 is 10.5 Å². The van der Waals surface area contributed by atoms with Gasteiger partial charge in [-0.25, -0.2) is 4.98 Å². The molecule has 0 saturated carbocycles. The number of nitrogens with two attached hydrogens (primary N) is 1. The molecule has 21 heavy (non-hydrogen) atoms. The molecule has 0 radical (unpaired) electrons. The molecule has 0 unspecified atom stereocenters. The summed E-state index contributed by atoms with van der Waals surface area (Å²) >= 11 is 0. The molecule has 0 aliphatic heterocycles. The van der Waals surface area contributed by atoms with E-state index in [9.17, 15) is 0 Å². The van der Waals surface area contributed by atoms with Crippen LogP contribution in [-0.4, -0.2) is 19.6 Å². The van der Waals surface area contributed by atoms with E-state index >= 15 is 0 Å². The predicted molar refractivity (Wildman–Crippen MR) is 80.2 cm³/mol. The number of aromatic nitrogens is 4. The largest absolute Gasteiger partial charge is 0.484 e. The highest BCUT2D eigenvalue weighted by molar-refractivity contribution is 5.40. The lowest BCUT2D eigenvalue weighted by Gasteiger charge is -2.18. The van der Waals surface area contributed by atoms with Crippen LogP contribution >= 0.6 is 0 Å². The van der Waals surface area contributed by atoms with Crippen molar-refractivity contribution < 1.29 is 4.74 Å². The van der Waals surface area contributed by atoms with Crippen molar-refractivity contribution in [1.29, 1.82) is 0 Å². The van der Waals surface area contributed by atoms with Crippen LogP contribution in [0.15, 0.2) is 30.5 Å². The number of benzene rings is 1. The monoisotopic (exact) mass is 283 g/mol. The van der Waals surface area contributed by atoms with Crippen molar-refractivity contribution in [3.8, 4) is 5.75 Å². The normalized spacial score (nSPS) is 12.5. The van der Waals surface area contributed by atoms with E-state index in [-0.39, 0.29) is 12.1 Å². The van der Waals surface area contributed by atoms with Crippen LogP contribution in [0.2, 0.25) is 0 Å². The molecule has 108 valence electrons. The SMILES string of the molecule is Cc1cccc(C)c1O[C@@H](C)c1ccnc2nc(N)nn12. The molecule has 3 rings (SSSR count). The van der Waals surface area contributed by atoms with Gasteiger partial charge in [-0.3, -0.25) is 0 Å². The second-order valence-electron chi connectivity index (χ2n) is 5.03. The fraction of sp³-hybridized carbons (Fsp3) is 0.267. The number of hydrogen-bond acceptors (Lipinski definition) is 5. The standard InChI is InChI=1S/C15H17N5O/c1-9-5-4-6-10(2)13(9)21-11(3)12-7-8-17-15-18-14(16)19-20(12)15/h4-8,11H,1-3H3,(H2,16,19)/t11-/m0/s1. The summed E-state index contributed by atoms with van der Waals surface area (Å²) in [6, 6.07) is 7.94. The number of ether oxygens (including phenoxy) is 1. The number of para-hydroxylation sites is 1. The van der Waals surface area contributed by atoms with Gasteiger partial charge in [0.05, 0.1) is 5.69 Å². The van der Waals surface area contributed by atoms with Crippen LogP contribution in [0.4, 0.5) is 5.95 Å². The zero-order valence-corrected chi connectivity index (χ0v) is 12.2. The van der Waals surface area contributed by atoms with Crippen LogP contribution in [0.25, 0.3) is 5.78 Å². The third-order valence-corrected chi connectivity index (χ3v) is 3.41. The van der Waals surface area contributed by atoms with Gasteiger partial charge in [0, 0.05) is 6.20 Å². The lowest BCUT2D eigenvalue weighted by molar-refractivity contribution is 0.216. The van der Waals surface area contributed by atoms with E-state index in [0.29, 0.717) is 5.78 Å². The third-order valence-electron chi connectivity index (χ3n) is 3.41. The fourth-order valence-corrected chi connectivity index (χ4v) is 2.36. The Morgan fingerprint density at radius 1 is 1.19 bits per heavy atom. The molecular formula is C15H17N5O. The summed E-state index contributed by atoms with van der Waals surface area (Å²) in [6.45, 7) is 6.04. The highest BCUT2D eigenvalue weighted by Gasteiger charge is 2.16. The van der Waals surface area contributed by atoms with Gasteiger partial charge >= 0.3 is 0 Å². The molecule has 0 fully saturated rings. The molecule has 0 spiro atoms. The summed E-state index contributed by atoms with van der Waals surface area (Å²) in [4.78, 5) is 8.20. The first-order valence-electron chi connectivity index (χ1n) is 6.76. The lowest BCUT2D eigenvalue weighted by atomic mass is 10.1. The van der Waals surface area contributed by atoms with Crippen molar-refractivity contribution >= 4 is 11.7 Å². The number of hydrogen-bond donors (Lipinski definition) is 1. The predicted octanol–water partition coefficient (Wildman–Crippen LogP) is 2.46. The summed E-state index contributed by atoms with van der Waals surface area (Å²) in [5.74, 6) is 1.57. The van der Waals surface area contributed by atoms with Crippen LogP contribution in [0.5, 0.6) is 5.75 Å². The molecule has 2 N–H and O–H groups in total. The smallest absolute Gasteiger partial charge is 0.254 e. The zero-order valence-electron chi connectivity index (χ0n) is 12.2. The second-order valence-corrected chi connectivity index (χ2v) is 5.03. The van der Waals surface area contributed by atoms with Gasteiger partial charge in [0.25, 0.3) is 5.78 Å². The Bertz CT molecular complexity index is 776. The molecule has 3 aromatic rings. The highest BCUT2D eigenvalue weighted by Crippen LogP contribution is 2.28. The van der Waals surface area contributed by atoms with E-state index < -0.39 is 0 Å². The lowest BCUT2D eigenvalue weighted by Crippen LogP contribution is -2.11. The average Bonchev–Trinajstić information content (AvgIpc) is 2.82. The minimum atomic E-state index is -0.198. The van der Waals surface area contributed by atoms with Crippen molar-refractivity contribution in [2.75, 3.05) is 5.73 Å². The molecule has 0 aliphatic carbocycles. The molecule has 0 saturated heterocycles.